The minimum atomic E-state index is -2.46. The van der Waals surface area contributed by atoms with Crippen LogP contribution in [-0.4, -0.2) is 145 Å². The Morgan fingerprint density at radius 3 is 2.27 bits per heavy atom. The fourth-order valence-electron chi connectivity index (χ4n) is 10.9. The summed E-state index contributed by atoms with van der Waals surface area (Å²) < 4.78 is 35.8. The topological polar surface area (TPSA) is 231 Å². The number of carbonyl (C=O) groups is 7. The first-order chi connectivity index (χ1) is 35.0. The lowest BCUT2D eigenvalue weighted by molar-refractivity contribution is -0.265. The number of rotatable bonds is 12. The SMILES string of the molecule is CO[C@H]1C[C@@H]2CC[C@@H](C)[C@@](O)(O2)C(=O)C(=O)N2CCCC[C@H]2C(=O)O[C@H]([C@H](C)C[C@@H]2CC[C@@H](OCNC(=O)CCC(C)=O)[C@H](OC)C2)CC(=O)[C@H](C)/C=C(\C)[C@@H](O)[C@@H](OC)C(=O)[C@H](C)C[C@H](C)/C=C/C=CC=C1C. The van der Waals surface area contributed by atoms with E-state index in [1.165, 1.54) is 18.9 Å². The highest BCUT2D eigenvalue weighted by atomic mass is 16.6. The smallest absolute Gasteiger partial charge is 0.329 e. The van der Waals surface area contributed by atoms with E-state index in [-0.39, 0.29) is 92.2 Å². The van der Waals surface area contributed by atoms with Crippen molar-refractivity contribution in [1.29, 1.82) is 0 Å². The minimum absolute atomic E-state index is 0.00127. The van der Waals surface area contributed by atoms with Crippen molar-refractivity contribution in [3.05, 3.63) is 47.6 Å². The predicted molar refractivity (Wildman–Crippen MR) is 277 cm³/mol. The molecule has 17 heteroatoms. The van der Waals surface area contributed by atoms with Gasteiger partial charge in [0, 0.05) is 71.3 Å². The molecule has 416 valence electrons. The number of nitrogens with zero attached hydrogens (tertiary/aromatic N) is 1. The van der Waals surface area contributed by atoms with Gasteiger partial charge in [0.25, 0.3) is 11.7 Å². The number of fused-ring (bicyclic) bond motifs is 3. The fraction of sp³-hybridized carbons (Fsp3) is 0.737. The van der Waals surface area contributed by atoms with Gasteiger partial charge in [-0.25, -0.2) is 4.79 Å². The van der Waals surface area contributed by atoms with Crippen LogP contribution >= 0.6 is 0 Å². The molecule has 1 aliphatic carbocycles. The molecule has 2 amide bonds. The normalized spacial score (nSPS) is 35.7. The molecule has 0 unspecified atom stereocenters. The van der Waals surface area contributed by atoms with Crippen molar-refractivity contribution in [3.63, 3.8) is 0 Å². The summed E-state index contributed by atoms with van der Waals surface area (Å²) in [7, 11) is 4.53. The molecule has 3 N–H and O–H groups in total. The zero-order valence-electron chi connectivity index (χ0n) is 46.0. The molecule has 0 radical (unpaired) electrons. The number of aliphatic hydroxyl groups excluding tert-OH is 1. The fourth-order valence-corrected chi connectivity index (χ4v) is 10.9. The largest absolute Gasteiger partial charge is 0.460 e. The number of cyclic esters (lactones) is 1. The molecule has 4 aliphatic rings. The van der Waals surface area contributed by atoms with E-state index in [0.29, 0.717) is 69.8 Å². The summed E-state index contributed by atoms with van der Waals surface area (Å²) in [6, 6.07) is -1.18. The van der Waals surface area contributed by atoms with E-state index in [2.05, 4.69) is 5.32 Å². The lowest BCUT2D eigenvalue weighted by Gasteiger charge is -2.42. The second kappa shape index (κ2) is 29.9. The van der Waals surface area contributed by atoms with Crippen molar-refractivity contribution >= 4 is 40.9 Å². The third kappa shape index (κ3) is 17.7. The van der Waals surface area contributed by atoms with Crippen LogP contribution in [0.25, 0.3) is 0 Å². The quantitative estimate of drug-likeness (QED) is 0.0805. The van der Waals surface area contributed by atoms with Gasteiger partial charge in [0.1, 0.15) is 42.7 Å². The van der Waals surface area contributed by atoms with Gasteiger partial charge in [-0.1, -0.05) is 71.1 Å². The molecule has 15 atom stereocenters. The number of carbonyl (C=O) groups excluding carboxylic acids is 7. The standard InChI is InChI=1S/C57H88N2O15/c1-34-17-13-12-14-18-35(2)47(69-9)31-43-23-20-40(7)57(68,74-43)54(65)55(66)59-26-16-15-19-44(59)56(67)73-48(32-45(61)36(3)28-39(6)52(64)53(71-11)51(63)38(5)27-34)37(4)29-42-22-24-46(49(30-42)70-10)72-33-58-50(62)25-21-41(8)60/h12-14,17-18,28,34,36-38,40,42-44,46-49,52-53,64,68H,15-16,19-27,29-33H2,1-11H3,(H,58,62)/b14-12?,17-13+,35-18?,39-28+/t34-,36-,37-,38-,40-,42+,43+,44+,46-,47+,48+,49-,52-,53+,57-/m1/s1. The molecule has 1 saturated carbocycles. The first kappa shape index (κ1) is 62.3. The summed E-state index contributed by atoms with van der Waals surface area (Å²) in [6.07, 6.45) is 11.3. The number of amides is 2. The summed E-state index contributed by atoms with van der Waals surface area (Å²) in [5, 5.41) is 26.2. The van der Waals surface area contributed by atoms with Gasteiger partial charge in [-0.15, -0.1) is 0 Å². The van der Waals surface area contributed by atoms with Crippen LogP contribution in [0.15, 0.2) is 47.6 Å². The minimum Gasteiger partial charge on any atom is -0.460 e. The number of allylic oxidation sites excluding steroid dienone is 6. The number of esters is 1. The summed E-state index contributed by atoms with van der Waals surface area (Å²) >= 11 is 0. The highest BCUT2D eigenvalue weighted by molar-refractivity contribution is 6.39. The van der Waals surface area contributed by atoms with Crippen LogP contribution < -0.4 is 5.32 Å². The lowest BCUT2D eigenvalue weighted by atomic mass is 9.78. The molecular formula is C57H88N2O15. The Balaban J connectivity index is 1.65. The lowest BCUT2D eigenvalue weighted by Crippen LogP contribution is -2.61. The zero-order chi connectivity index (χ0) is 54.9. The predicted octanol–water partition coefficient (Wildman–Crippen LogP) is 6.65. The van der Waals surface area contributed by atoms with Crippen LogP contribution in [-0.2, 0) is 62.0 Å². The molecule has 0 spiro atoms. The maximum Gasteiger partial charge on any atom is 0.329 e. The first-order valence-electron chi connectivity index (χ1n) is 26.9. The highest BCUT2D eigenvalue weighted by Crippen LogP contribution is 2.38. The summed E-state index contributed by atoms with van der Waals surface area (Å²) in [6.45, 7) is 14.1. The number of piperidine rings is 1. The van der Waals surface area contributed by atoms with E-state index in [4.69, 9.17) is 28.4 Å². The van der Waals surface area contributed by atoms with Crippen molar-refractivity contribution in [1.82, 2.24) is 10.2 Å². The highest BCUT2D eigenvalue weighted by Gasteiger charge is 2.53. The van der Waals surface area contributed by atoms with Crippen LogP contribution in [0, 0.1) is 35.5 Å². The number of hydrogen-bond acceptors (Lipinski definition) is 15. The average Bonchev–Trinajstić information content (AvgIpc) is 3.37. The molecule has 2 bridgehead atoms. The zero-order valence-corrected chi connectivity index (χ0v) is 46.0. The van der Waals surface area contributed by atoms with Gasteiger partial charge in [0.05, 0.1) is 24.4 Å². The van der Waals surface area contributed by atoms with Gasteiger partial charge in [-0.2, -0.15) is 0 Å². The summed E-state index contributed by atoms with van der Waals surface area (Å²) in [4.78, 5) is 96.0. The van der Waals surface area contributed by atoms with Gasteiger partial charge >= 0.3 is 5.97 Å². The molecule has 4 rings (SSSR count). The number of methoxy groups -OCH3 is 3. The van der Waals surface area contributed by atoms with Crippen LogP contribution in [0.1, 0.15) is 145 Å². The van der Waals surface area contributed by atoms with E-state index in [0.717, 1.165) is 5.57 Å². The van der Waals surface area contributed by atoms with Gasteiger partial charge < -0.3 is 53.6 Å². The number of ketones is 4. The molecule has 17 nitrogen and oxygen atoms in total. The van der Waals surface area contributed by atoms with Crippen molar-refractivity contribution in [2.75, 3.05) is 34.6 Å². The molecular weight excluding hydrogens is 953 g/mol. The molecule has 0 aromatic rings. The van der Waals surface area contributed by atoms with E-state index in [1.807, 2.05) is 51.2 Å². The third-order valence-corrected chi connectivity index (χ3v) is 15.7. The average molecular weight is 1040 g/mol. The molecule has 74 heavy (non-hydrogen) atoms. The number of ether oxygens (including phenoxy) is 6. The molecule has 2 saturated heterocycles. The van der Waals surface area contributed by atoms with E-state index in [9.17, 15) is 43.8 Å². The molecule has 0 aromatic carbocycles. The number of aliphatic hydroxyl groups is 2. The van der Waals surface area contributed by atoms with Crippen molar-refractivity contribution in [3.8, 4) is 0 Å². The van der Waals surface area contributed by atoms with Gasteiger partial charge in [-0.3, -0.25) is 24.0 Å². The Hall–Kier alpha value is -4.23. The third-order valence-electron chi connectivity index (χ3n) is 15.7. The Morgan fingerprint density at radius 2 is 1.59 bits per heavy atom. The number of Topliss-reactive ketones (excluding diaryl/α,β-unsaturated/α-hetero) is 4. The summed E-state index contributed by atoms with van der Waals surface area (Å²) in [5.41, 5.74) is 1.24. The Bertz CT molecular complexity index is 2050. The van der Waals surface area contributed by atoms with Crippen LogP contribution in [0.4, 0.5) is 0 Å². The van der Waals surface area contributed by atoms with Crippen molar-refractivity contribution < 1.29 is 72.2 Å². The number of nitrogens with one attached hydrogen (secondary N) is 1. The molecule has 3 fully saturated rings. The Morgan fingerprint density at radius 1 is 0.865 bits per heavy atom. The van der Waals surface area contributed by atoms with E-state index >= 15 is 0 Å². The maximum absolute atomic E-state index is 14.6. The van der Waals surface area contributed by atoms with Gasteiger partial charge in [-0.05, 0) is 114 Å². The van der Waals surface area contributed by atoms with Gasteiger partial charge in [0.2, 0.25) is 11.7 Å². The van der Waals surface area contributed by atoms with Crippen molar-refractivity contribution in [2.24, 2.45) is 35.5 Å². The van der Waals surface area contributed by atoms with Gasteiger partial charge in [0.15, 0.2) is 5.78 Å². The molecule has 3 heterocycles. The molecule has 0 aromatic heterocycles. The Kier molecular flexibility index (Phi) is 25.2. The second-order valence-electron chi connectivity index (χ2n) is 21.7. The van der Waals surface area contributed by atoms with Crippen LogP contribution in [0.5, 0.6) is 0 Å². The van der Waals surface area contributed by atoms with E-state index in [1.54, 1.807) is 48.0 Å². The molecule has 3 aliphatic heterocycles. The number of hydrogen-bond donors (Lipinski definition) is 3. The van der Waals surface area contributed by atoms with Crippen LogP contribution in [0.3, 0.4) is 0 Å². The Labute approximate surface area is 439 Å². The van der Waals surface area contributed by atoms with Crippen LogP contribution in [0.2, 0.25) is 0 Å². The van der Waals surface area contributed by atoms with Crippen molar-refractivity contribution in [2.45, 2.75) is 200 Å². The summed E-state index contributed by atoms with van der Waals surface area (Å²) in [5.74, 6) is -8.66. The monoisotopic (exact) mass is 1040 g/mol. The maximum atomic E-state index is 14.6. The first-order valence-corrected chi connectivity index (χ1v) is 26.9. The van der Waals surface area contributed by atoms with E-state index < -0.39 is 77.8 Å². The second-order valence-corrected chi connectivity index (χ2v) is 21.7.